The molecule has 1 N–H and O–H groups in total. The highest BCUT2D eigenvalue weighted by Gasteiger charge is 2.34. The van der Waals surface area contributed by atoms with Crippen LogP contribution in [0.25, 0.3) is 0 Å². The van der Waals surface area contributed by atoms with Crippen molar-refractivity contribution in [2.75, 3.05) is 0 Å². The molecule has 0 spiro atoms. The van der Waals surface area contributed by atoms with Crippen LogP contribution in [0.15, 0.2) is 18.2 Å². The van der Waals surface area contributed by atoms with Crippen LogP contribution >= 0.6 is 0 Å². The Kier molecular flexibility index (Phi) is 3.48. The van der Waals surface area contributed by atoms with Crippen LogP contribution in [0.5, 0.6) is 0 Å². The predicted octanol–water partition coefficient (Wildman–Crippen LogP) is 3.13. The summed E-state index contributed by atoms with van der Waals surface area (Å²) < 4.78 is 0. The molecule has 3 rings (SSSR count). The number of fused-ring (bicyclic) bond motifs is 1. The van der Waals surface area contributed by atoms with Gasteiger partial charge in [-0.3, -0.25) is 4.79 Å². The lowest BCUT2D eigenvalue weighted by Crippen LogP contribution is -2.48. The third-order valence-corrected chi connectivity index (χ3v) is 4.66. The number of carbonyl (C=O) groups excluding carboxylic acids is 1. The number of benzene rings is 1. The first-order chi connectivity index (χ1) is 9.74. The third kappa shape index (κ3) is 2.31. The van der Waals surface area contributed by atoms with Gasteiger partial charge in [-0.05, 0) is 49.3 Å². The van der Waals surface area contributed by atoms with Gasteiger partial charge in [-0.2, -0.15) is 5.26 Å². The van der Waals surface area contributed by atoms with Crippen molar-refractivity contribution in [2.24, 2.45) is 0 Å². The Morgan fingerprint density at radius 2 is 1.95 bits per heavy atom. The second-order valence-electron chi connectivity index (χ2n) is 6.01. The van der Waals surface area contributed by atoms with Gasteiger partial charge in [-0.15, -0.1) is 0 Å². The molecule has 20 heavy (non-hydrogen) atoms. The topological polar surface area (TPSA) is 52.9 Å². The lowest BCUT2D eigenvalue weighted by molar-refractivity contribution is 0.0902. The molecule has 0 aliphatic heterocycles. The van der Waals surface area contributed by atoms with Crippen molar-refractivity contribution in [3.63, 3.8) is 0 Å². The molecular weight excluding hydrogens is 248 g/mol. The van der Waals surface area contributed by atoms with E-state index in [0.717, 1.165) is 50.5 Å². The first-order valence-electron chi connectivity index (χ1n) is 7.59. The minimum atomic E-state index is -0.642. The molecule has 1 amide bonds. The van der Waals surface area contributed by atoms with Crippen LogP contribution in [-0.2, 0) is 12.8 Å². The normalized spacial score (nSPS) is 19.9. The molecule has 0 unspecified atom stereocenters. The first-order valence-corrected chi connectivity index (χ1v) is 7.59. The van der Waals surface area contributed by atoms with Gasteiger partial charge in [0.15, 0.2) is 0 Å². The van der Waals surface area contributed by atoms with Crippen molar-refractivity contribution in [2.45, 2.75) is 56.9 Å². The molecule has 1 fully saturated rings. The second kappa shape index (κ2) is 5.28. The molecule has 2 aliphatic carbocycles. The Morgan fingerprint density at radius 3 is 2.70 bits per heavy atom. The second-order valence-corrected chi connectivity index (χ2v) is 6.01. The highest BCUT2D eigenvalue weighted by atomic mass is 16.1. The fraction of sp³-hybridized carbons (Fsp3) is 0.529. The highest BCUT2D eigenvalue weighted by molar-refractivity contribution is 5.97. The van der Waals surface area contributed by atoms with Gasteiger partial charge in [0.05, 0.1) is 6.07 Å². The third-order valence-electron chi connectivity index (χ3n) is 4.66. The van der Waals surface area contributed by atoms with Crippen LogP contribution in [-0.4, -0.2) is 11.4 Å². The molecule has 0 bridgehead atoms. The zero-order valence-corrected chi connectivity index (χ0v) is 11.7. The molecule has 2 aliphatic rings. The van der Waals surface area contributed by atoms with Crippen molar-refractivity contribution in [1.82, 2.24) is 5.32 Å². The quantitative estimate of drug-likeness (QED) is 0.896. The minimum Gasteiger partial charge on any atom is -0.334 e. The number of nitrogens with one attached hydrogen (secondary N) is 1. The Labute approximate surface area is 120 Å². The Hall–Kier alpha value is -1.82. The molecule has 3 heteroatoms. The molecule has 0 saturated heterocycles. The lowest BCUT2D eigenvalue weighted by Gasteiger charge is -2.31. The van der Waals surface area contributed by atoms with Crippen LogP contribution in [0.1, 0.15) is 60.0 Å². The van der Waals surface area contributed by atoms with Crippen LogP contribution in [0.4, 0.5) is 0 Å². The summed E-state index contributed by atoms with van der Waals surface area (Å²) in [7, 11) is 0. The van der Waals surface area contributed by atoms with E-state index in [-0.39, 0.29) is 5.91 Å². The van der Waals surface area contributed by atoms with Crippen molar-refractivity contribution in [1.29, 1.82) is 5.26 Å². The van der Waals surface area contributed by atoms with Crippen LogP contribution in [0, 0.1) is 11.3 Å². The molecule has 0 aromatic heterocycles. The molecular formula is C17H20N2O. The Morgan fingerprint density at radius 1 is 1.15 bits per heavy atom. The predicted molar refractivity (Wildman–Crippen MR) is 77.4 cm³/mol. The largest absolute Gasteiger partial charge is 0.334 e. The summed E-state index contributed by atoms with van der Waals surface area (Å²) in [6.45, 7) is 0. The molecule has 1 saturated carbocycles. The van der Waals surface area contributed by atoms with E-state index in [1.807, 2.05) is 12.1 Å². The number of amides is 1. The van der Waals surface area contributed by atoms with Gasteiger partial charge >= 0.3 is 0 Å². The number of hydrogen-bond acceptors (Lipinski definition) is 2. The standard InChI is InChI=1S/C17H20N2O/c18-12-17(10-2-1-3-11-17)19-16(20)15-9-5-7-13-6-4-8-14(13)15/h5,7,9H,1-4,6,8,10-11H2,(H,19,20). The lowest BCUT2D eigenvalue weighted by atomic mass is 9.82. The van der Waals surface area contributed by atoms with Crippen LogP contribution in [0.3, 0.4) is 0 Å². The van der Waals surface area contributed by atoms with Gasteiger partial charge in [0.25, 0.3) is 5.91 Å². The fourth-order valence-corrected chi connectivity index (χ4v) is 3.54. The van der Waals surface area contributed by atoms with Gasteiger partial charge in [0, 0.05) is 5.56 Å². The van der Waals surface area contributed by atoms with Gasteiger partial charge in [-0.25, -0.2) is 0 Å². The average molecular weight is 268 g/mol. The summed E-state index contributed by atoms with van der Waals surface area (Å²) in [4.78, 5) is 12.6. The summed E-state index contributed by atoms with van der Waals surface area (Å²) in [6.07, 6.45) is 7.97. The highest BCUT2D eigenvalue weighted by Crippen LogP contribution is 2.29. The fourth-order valence-electron chi connectivity index (χ4n) is 3.54. The molecule has 3 nitrogen and oxygen atoms in total. The van der Waals surface area contributed by atoms with E-state index in [4.69, 9.17) is 0 Å². The number of rotatable bonds is 2. The first kappa shape index (κ1) is 13.2. The number of nitrogens with zero attached hydrogens (tertiary/aromatic N) is 1. The Bertz CT molecular complexity index is 565. The van der Waals surface area contributed by atoms with E-state index in [0.29, 0.717) is 0 Å². The smallest absolute Gasteiger partial charge is 0.252 e. The summed E-state index contributed by atoms with van der Waals surface area (Å²) in [5, 5.41) is 12.5. The molecule has 1 aromatic carbocycles. The number of nitriles is 1. The zero-order chi connectivity index (χ0) is 14.0. The van der Waals surface area contributed by atoms with Crippen molar-refractivity contribution >= 4 is 5.91 Å². The summed E-state index contributed by atoms with van der Waals surface area (Å²) in [5.41, 5.74) is 2.62. The molecule has 104 valence electrons. The van der Waals surface area contributed by atoms with E-state index in [2.05, 4.69) is 17.5 Å². The maximum absolute atomic E-state index is 12.6. The van der Waals surface area contributed by atoms with E-state index in [9.17, 15) is 10.1 Å². The average Bonchev–Trinajstić information content (AvgIpc) is 2.96. The summed E-state index contributed by atoms with van der Waals surface area (Å²) in [6, 6.07) is 8.32. The molecule has 0 atom stereocenters. The maximum atomic E-state index is 12.6. The number of carbonyl (C=O) groups is 1. The zero-order valence-electron chi connectivity index (χ0n) is 11.7. The Balaban J connectivity index is 1.83. The number of aryl methyl sites for hydroxylation is 1. The van der Waals surface area contributed by atoms with Crippen LogP contribution in [0.2, 0.25) is 0 Å². The van der Waals surface area contributed by atoms with Gasteiger partial charge in [0.1, 0.15) is 5.54 Å². The van der Waals surface area contributed by atoms with Crippen molar-refractivity contribution in [3.8, 4) is 6.07 Å². The summed E-state index contributed by atoms with van der Waals surface area (Å²) >= 11 is 0. The SMILES string of the molecule is N#CC1(NC(=O)c2cccc3c2CCC3)CCCCC1. The van der Waals surface area contributed by atoms with Crippen molar-refractivity contribution < 1.29 is 4.79 Å². The van der Waals surface area contributed by atoms with Gasteiger partial charge < -0.3 is 5.32 Å². The molecule has 0 heterocycles. The van der Waals surface area contributed by atoms with Gasteiger partial charge in [0.2, 0.25) is 0 Å². The van der Waals surface area contributed by atoms with E-state index in [1.54, 1.807) is 0 Å². The minimum absolute atomic E-state index is 0.0628. The maximum Gasteiger partial charge on any atom is 0.252 e. The van der Waals surface area contributed by atoms with Crippen LogP contribution < -0.4 is 5.32 Å². The van der Waals surface area contributed by atoms with E-state index in [1.165, 1.54) is 17.5 Å². The van der Waals surface area contributed by atoms with E-state index < -0.39 is 5.54 Å². The number of hydrogen-bond donors (Lipinski definition) is 1. The monoisotopic (exact) mass is 268 g/mol. The van der Waals surface area contributed by atoms with Crippen molar-refractivity contribution in [3.05, 3.63) is 34.9 Å². The van der Waals surface area contributed by atoms with Gasteiger partial charge in [-0.1, -0.05) is 31.4 Å². The summed E-state index contributed by atoms with van der Waals surface area (Å²) in [5.74, 6) is -0.0628. The molecule has 0 radical (unpaired) electrons. The van der Waals surface area contributed by atoms with E-state index >= 15 is 0 Å². The molecule has 1 aromatic rings.